The van der Waals surface area contributed by atoms with E-state index in [9.17, 15) is 4.79 Å². The molecule has 3 aromatic carbocycles. The van der Waals surface area contributed by atoms with Crippen molar-refractivity contribution in [2.75, 3.05) is 5.75 Å². The molecule has 1 aromatic heterocycles. The van der Waals surface area contributed by atoms with Crippen molar-refractivity contribution < 1.29 is 4.79 Å². The van der Waals surface area contributed by atoms with Gasteiger partial charge in [-0.3, -0.25) is 4.79 Å². The smallest absolute Gasteiger partial charge is 0.253 e. The largest absolute Gasteiger partial charge is 0.306 e. The van der Waals surface area contributed by atoms with Crippen molar-refractivity contribution in [2.24, 2.45) is 5.10 Å². The highest BCUT2D eigenvalue weighted by atomic mass is 32.2. The first-order valence-electron chi connectivity index (χ1n) is 12.2. The average Bonchev–Trinajstić information content (AvgIpc) is 3.45. The van der Waals surface area contributed by atoms with Crippen LogP contribution in [0.15, 0.2) is 83.1 Å². The minimum Gasteiger partial charge on any atom is -0.306 e. The van der Waals surface area contributed by atoms with Crippen LogP contribution in [0.5, 0.6) is 0 Å². The van der Waals surface area contributed by atoms with E-state index in [4.69, 9.17) is 5.10 Å². The first kappa shape index (κ1) is 22.0. The molecule has 0 saturated heterocycles. The van der Waals surface area contributed by atoms with Crippen molar-refractivity contribution in [2.45, 2.75) is 49.8 Å². The van der Waals surface area contributed by atoms with Gasteiger partial charge in [0.2, 0.25) is 0 Å². The molecule has 0 saturated carbocycles. The Morgan fingerprint density at radius 1 is 0.914 bits per heavy atom. The van der Waals surface area contributed by atoms with Gasteiger partial charge in [-0.25, -0.2) is 5.01 Å². The van der Waals surface area contributed by atoms with Crippen LogP contribution in [-0.2, 0) is 17.8 Å². The third-order valence-corrected chi connectivity index (χ3v) is 7.78. The van der Waals surface area contributed by atoms with E-state index in [1.165, 1.54) is 29.0 Å². The number of hydrazone groups is 1. The van der Waals surface area contributed by atoms with Crippen molar-refractivity contribution >= 4 is 34.2 Å². The SMILES string of the molecule is O=C(CSc1nnc2n1CCCCC2)N1N=C(c2ccc3ccccc3c2)C[C@@H]1c1ccccc1. The molecular weight excluding hydrogens is 454 g/mol. The molecule has 1 amide bonds. The summed E-state index contributed by atoms with van der Waals surface area (Å²) in [7, 11) is 0. The Hall–Kier alpha value is -3.45. The van der Waals surface area contributed by atoms with Gasteiger partial charge in [0.15, 0.2) is 5.16 Å². The van der Waals surface area contributed by atoms with Crippen LogP contribution in [0.3, 0.4) is 0 Å². The van der Waals surface area contributed by atoms with Crippen LogP contribution in [0.1, 0.15) is 48.7 Å². The second-order valence-corrected chi connectivity index (χ2v) is 10.1. The molecule has 0 N–H and O–H groups in total. The average molecular weight is 482 g/mol. The number of hydrogen-bond acceptors (Lipinski definition) is 5. The standard InChI is InChI=1S/C28H27N5OS/c34-27(19-35-28-30-29-26-13-5-2-8-16-32(26)28)33-25(21-10-3-1-4-11-21)18-24(31-33)23-15-14-20-9-6-7-12-22(20)17-23/h1,3-4,6-7,9-12,14-15,17,25H,2,5,8,13,16,18-19H2/t25-/m1/s1. The van der Waals surface area contributed by atoms with E-state index in [1.807, 2.05) is 30.3 Å². The van der Waals surface area contributed by atoms with E-state index in [0.717, 1.165) is 53.6 Å². The van der Waals surface area contributed by atoms with Crippen LogP contribution in [0.25, 0.3) is 10.8 Å². The zero-order valence-corrected chi connectivity index (χ0v) is 20.3. The molecule has 0 unspecified atom stereocenters. The first-order valence-corrected chi connectivity index (χ1v) is 13.2. The quantitative estimate of drug-likeness (QED) is 0.347. The number of nitrogens with zero attached hydrogens (tertiary/aromatic N) is 5. The minimum absolute atomic E-state index is 0.00869. The van der Waals surface area contributed by atoms with Gasteiger partial charge < -0.3 is 4.57 Å². The normalized spacial score (nSPS) is 17.8. The third-order valence-electron chi connectivity index (χ3n) is 6.83. The Bertz CT molecular complexity index is 1400. The molecule has 7 heteroatoms. The van der Waals surface area contributed by atoms with E-state index in [-0.39, 0.29) is 17.7 Å². The van der Waals surface area contributed by atoms with Gasteiger partial charge in [0.05, 0.1) is 17.5 Å². The second-order valence-electron chi connectivity index (χ2n) is 9.13. The molecule has 0 radical (unpaired) electrons. The number of carbonyl (C=O) groups is 1. The summed E-state index contributed by atoms with van der Waals surface area (Å²) >= 11 is 1.47. The van der Waals surface area contributed by atoms with Gasteiger partial charge in [0.1, 0.15) is 5.82 Å². The maximum Gasteiger partial charge on any atom is 0.253 e. The van der Waals surface area contributed by atoms with Crippen LogP contribution < -0.4 is 0 Å². The molecule has 0 spiro atoms. The molecule has 2 aliphatic heterocycles. The van der Waals surface area contributed by atoms with Crippen molar-refractivity contribution in [1.29, 1.82) is 0 Å². The van der Waals surface area contributed by atoms with Gasteiger partial charge in [-0.2, -0.15) is 5.10 Å². The van der Waals surface area contributed by atoms with Gasteiger partial charge in [0, 0.05) is 19.4 Å². The van der Waals surface area contributed by atoms with Gasteiger partial charge in [0.25, 0.3) is 5.91 Å². The summed E-state index contributed by atoms with van der Waals surface area (Å²) in [5, 5.41) is 18.5. The highest BCUT2D eigenvalue weighted by Crippen LogP contribution is 2.34. The number of carbonyl (C=O) groups excluding carboxylic acids is 1. The molecule has 176 valence electrons. The zero-order chi connectivity index (χ0) is 23.6. The van der Waals surface area contributed by atoms with Crippen molar-refractivity contribution in [3.63, 3.8) is 0 Å². The Labute approximate surface area is 209 Å². The highest BCUT2D eigenvalue weighted by molar-refractivity contribution is 7.99. The molecule has 0 fully saturated rings. The van der Waals surface area contributed by atoms with Crippen molar-refractivity contribution in [3.8, 4) is 0 Å². The van der Waals surface area contributed by atoms with Crippen LogP contribution in [0, 0.1) is 0 Å². The Kier molecular flexibility index (Phi) is 6.08. The van der Waals surface area contributed by atoms with E-state index < -0.39 is 0 Å². The molecule has 3 heterocycles. The summed E-state index contributed by atoms with van der Waals surface area (Å²) in [6, 6.07) is 24.8. The summed E-state index contributed by atoms with van der Waals surface area (Å²) in [5.41, 5.74) is 3.11. The molecule has 6 nitrogen and oxygen atoms in total. The maximum atomic E-state index is 13.5. The van der Waals surface area contributed by atoms with Crippen LogP contribution in [-0.4, -0.2) is 37.1 Å². The van der Waals surface area contributed by atoms with E-state index in [0.29, 0.717) is 6.42 Å². The van der Waals surface area contributed by atoms with E-state index in [2.05, 4.69) is 57.2 Å². The van der Waals surface area contributed by atoms with E-state index >= 15 is 0 Å². The van der Waals surface area contributed by atoms with Gasteiger partial charge in [-0.15, -0.1) is 10.2 Å². The fourth-order valence-corrected chi connectivity index (χ4v) is 5.81. The first-order chi connectivity index (χ1) is 17.3. The summed E-state index contributed by atoms with van der Waals surface area (Å²) < 4.78 is 2.19. The zero-order valence-electron chi connectivity index (χ0n) is 19.5. The number of hydrogen-bond donors (Lipinski definition) is 0. The summed E-state index contributed by atoms with van der Waals surface area (Å²) in [6.45, 7) is 0.930. The molecular formula is C28H27N5OS. The molecule has 0 aliphatic carbocycles. The molecule has 35 heavy (non-hydrogen) atoms. The second kappa shape index (κ2) is 9.66. The summed E-state index contributed by atoms with van der Waals surface area (Å²) in [5.74, 6) is 1.32. The Morgan fingerprint density at radius 3 is 2.63 bits per heavy atom. The predicted octanol–water partition coefficient (Wildman–Crippen LogP) is 5.63. The Morgan fingerprint density at radius 2 is 1.74 bits per heavy atom. The van der Waals surface area contributed by atoms with Crippen molar-refractivity contribution in [3.05, 3.63) is 89.7 Å². The van der Waals surface area contributed by atoms with Crippen molar-refractivity contribution in [1.82, 2.24) is 19.8 Å². The minimum atomic E-state index is -0.110. The third kappa shape index (κ3) is 4.48. The fraction of sp³-hybridized carbons (Fsp3) is 0.286. The number of amides is 1. The molecule has 1 atom stereocenters. The topological polar surface area (TPSA) is 63.4 Å². The lowest BCUT2D eigenvalue weighted by molar-refractivity contribution is -0.130. The molecule has 6 rings (SSSR count). The summed E-state index contributed by atoms with van der Waals surface area (Å²) in [4.78, 5) is 13.5. The van der Waals surface area contributed by atoms with Crippen LogP contribution in [0.4, 0.5) is 0 Å². The van der Waals surface area contributed by atoms with Gasteiger partial charge >= 0.3 is 0 Å². The predicted molar refractivity (Wildman–Crippen MR) is 139 cm³/mol. The number of thioether (sulfide) groups is 1. The van der Waals surface area contributed by atoms with Crippen LogP contribution >= 0.6 is 11.8 Å². The lowest BCUT2D eigenvalue weighted by Crippen LogP contribution is -2.28. The highest BCUT2D eigenvalue weighted by Gasteiger charge is 2.33. The summed E-state index contributed by atoms with van der Waals surface area (Å²) in [6.07, 6.45) is 5.15. The number of rotatable bonds is 5. The van der Waals surface area contributed by atoms with E-state index in [1.54, 1.807) is 5.01 Å². The van der Waals surface area contributed by atoms with Gasteiger partial charge in [-0.05, 0) is 40.8 Å². The molecule has 2 aliphatic rings. The monoisotopic (exact) mass is 481 g/mol. The maximum absolute atomic E-state index is 13.5. The fourth-order valence-electron chi connectivity index (χ4n) is 4.98. The lowest BCUT2D eigenvalue weighted by Gasteiger charge is -2.22. The number of aromatic nitrogens is 3. The number of benzene rings is 3. The van der Waals surface area contributed by atoms with Crippen LogP contribution in [0.2, 0.25) is 0 Å². The Balaban J connectivity index is 1.26. The lowest BCUT2D eigenvalue weighted by atomic mass is 9.97. The molecule has 0 bridgehead atoms. The number of fused-ring (bicyclic) bond motifs is 2. The number of aryl methyl sites for hydroxylation is 1. The van der Waals surface area contributed by atoms with Gasteiger partial charge in [-0.1, -0.05) is 84.9 Å². The molecule has 4 aromatic rings.